The summed E-state index contributed by atoms with van der Waals surface area (Å²) in [6.45, 7) is 3.34. The van der Waals surface area contributed by atoms with E-state index >= 15 is 0 Å². The second-order valence-electron chi connectivity index (χ2n) is 12.1. The van der Waals surface area contributed by atoms with Gasteiger partial charge in [-0.3, -0.25) is 9.30 Å². The Hall–Kier alpha value is -4.79. The van der Waals surface area contributed by atoms with Gasteiger partial charge in [0.25, 0.3) is 0 Å². The molecule has 1 saturated carbocycles. The van der Waals surface area contributed by atoms with Crippen molar-refractivity contribution >= 4 is 34.1 Å². The van der Waals surface area contributed by atoms with Crippen LogP contribution in [0.4, 0.5) is 4.79 Å². The van der Waals surface area contributed by atoms with Crippen molar-refractivity contribution < 1.29 is 9.53 Å². The van der Waals surface area contributed by atoms with Crippen LogP contribution < -0.4 is 0 Å². The van der Waals surface area contributed by atoms with Crippen molar-refractivity contribution in [2.24, 2.45) is 0 Å². The third-order valence-electron chi connectivity index (χ3n) is 9.34. The fourth-order valence-electron chi connectivity index (χ4n) is 6.73. The molecule has 3 aromatic carbocycles. The lowest BCUT2D eigenvalue weighted by molar-refractivity contribution is 0.0367. The predicted octanol–water partition coefficient (Wildman–Crippen LogP) is 7.47. The molecule has 9 heteroatoms. The van der Waals surface area contributed by atoms with Crippen molar-refractivity contribution in [1.29, 1.82) is 0 Å². The van der Waals surface area contributed by atoms with E-state index < -0.39 is 0 Å². The summed E-state index contributed by atoms with van der Waals surface area (Å²) in [5, 5.41) is 1.51. The molecule has 0 N–H and O–H groups in total. The van der Waals surface area contributed by atoms with Gasteiger partial charge in [-0.05, 0) is 30.5 Å². The first-order valence-corrected chi connectivity index (χ1v) is 16.2. The summed E-state index contributed by atoms with van der Waals surface area (Å²) in [4.78, 5) is 31.6. The zero-order valence-corrected chi connectivity index (χ0v) is 26.1. The van der Waals surface area contributed by atoms with E-state index in [0.717, 1.165) is 76.3 Å². The highest BCUT2D eigenvalue weighted by atomic mass is 35.5. The zero-order valence-electron chi connectivity index (χ0n) is 25.3. The predicted molar refractivity (Wildman–Crippen MR) is 180 cm³/mol. The molecule has 0 atom stereocenters. The molecule has 1 saturated heterocycles. The van der Waals surface area contributed by atoms with Crippen LogP contribution in [-0.4, -0.2) is 67.5 Å². The molecular weight excluding hydrogens is 596 g/mol. The number of halogens is 1. The molecule has 230 valence electrons. The second kappa shape index (κ2) is 12.2. The Morgan fingerprint density at radius 1 is 0.848 bits per heavy atom. The second-order valence-corrected chi connectivity index (χ2v) is 12.5. The number of carbonyl (C=O) groups is 1. The molecular formula is C37H33ClN6O2. The number of benzene rings is 3. The van der Waals surface area contributed by atoms with Gasteiger partial charge in [-0.2, -0.15) is 0 Å². The molecule has 0 radical (unpaired) electrons. The largest absolute Gasteiger partial charge is 0.445 e. The van der Waals surface area contributed by atoms with Gasteiger partial charge in [0, 0.05) is 67.0 Å². The first kappa shape index (κ1) is 28.7. The number of hydrogen-bond acceptors (Lipinski definition) is 6. The number of imidazole rings is 1. The Morgan fingerprint density at radius 2 is 1.59 bits per heavy atom. The first-order chi connectivity index (χ1) is 22.6. The van der Waals surface area contributed by atoms with Crippen molar-refractivity contribution in [1.82, 2.24) is 29.2 Å². The molecule has 0 bridgehead atoms. The monoisotopic (exact) mass is 628 g/mol. The van der Waals surface area contributed by atoms with Gasteiger partial charge in [0.1, 0.15) is 17.9 Å². The van der Waals surface area contributed by atoms with Crippen LogP contribution >= 0.6 is 11.6 Å². The Kier molecular flexibility index (Phi) is 7.60. The molecule has 2 aliphatic rings. The number of ether oxygens (including phenoxy) is 1. The van der Waals surface area contributed by atoms with Crippen LogP contribution in [0.25, 0.3) is 38.9 Å². The molecule has 1 amide bonds. The lowest BCUT2D eigenvalue weighted by Crippen LogP contribution is -2.54. The van der Waals surface area contributed by atoms with Crippen molar-refractivity contribution in [2.45, 2.75) is 31.4 Å². The van der Waals surface area contributed by atoms with Gasteiger partial charge in [-0.1, -0.05) is 90.5 Å². The molecule has 8 rings (SSSR count). The average Bonchev–Trinajstić information content (AvgIpc) is 3.47. The van der Waals surface area contributed by atoms with Gasteiger partial charge >= 0.3 is 6.09 Å². The quantitative estimate of drug-likeness (QED) is 0.191. The number of rotatable bonds is 6. The van der Waals surface area contributed by atoms with E-state index in [4.69, 9.17) is 26.3 Å². The maximum atomic E-state index is 12.6. The molecule has 4 heterocycles. The fourth-order valence-corrected chi connectivity index (χ4v) is 6.96. The summed E-state index contributed by atoms with van der Waals surface area (Å²) in [6, 6.07) is 30.9. The van der Waals surface area contributed by atoms with Crippen molar-refractivity contribution in [3.8, 4) is 22.5 Å². The maximum absolute atomic E-state index is 12.6. The molecule has 46 heavy (non-hydrogen) atoms. The van der Waals surface area contributed by atoms with E-state index in [2.05, 4.69) is 56.7 Å². The molecule has 2 fully saturated rings. The van der Waals surface area contributed by atoms with E-state index in [0.29, 0.717) is 36.8 Å². The van der Waals surface area contributed by atoms with Crippen LogP contribution in [0.1, 0.15) is 30.1 Å². The van der Waals surface area contributed by atoms with Crippen LogP contribution in [0.5, 0.6) is 0 Å². The fraction of sp³-hybridized carbons (Fsp3) is 0.243. The number of hydrogen-bond donors (Lipinski definition) is 0. The van der Waals surface area contributed by atoms with Crippen molar-refractivity contribution in [3.63, 3.8) is 0 Å². The topological polar surface area (TPSA) is 75.9 Å². The highest BCUT2D eigenvalue weighted by Crippen LogP contribution is 2.42. The molecule has 1 aliphatic heterocycles. The van der Waals surface area contributed by atoms with Crippen LogP contribution in [0.3, 0.4) is 0 Å². The van der Waals surface area contributed by atoms with Gasteiger partial charge < -0.3 is 9.64 Å². The average molecular weight is 629 g/mol. The number of pyridine rings is 1. The van der Waals surface area contributed by atoms with Crippen LogP contribution in [-0.2, 0) is 11.3 Å². The van der Waals surface area contributed by atoms with Gasteiger partial charge in [0.2, 0.25) is 0 Å². The minimum atomic E-state index is -0.239. The first-order valence-electron chi connectivity index (χ1n) is 15.8. The number of aromatic nitrogens is 4. The summed E-state index contributed by atoms with van der Waals surface area (Å²) in [6.07, 6.45) is 5.49. The van der Waals surface area contributed by atoms with Crippen LogP contribution in [0.15, 0.2) is 103 Å². The van der Waals surface area contributed by atoms with E-state index in [9.17, 15) is 4.79 Å². The maximum Gasteiger partial charge on any atom is 0.410 e. The number of carbonyl (C=O) groups excluding carboxylic acids is 1. The number of fused-ring (bicyclic) bond motifs is 2. The van der Waals surface area contributed by atoms with E-state index in [1.54, 1.807) is 6.20 Å². The molecule has 3 aromatic heterocycles. The number of amides is 1. The Morgan fingerprint density at radius 3 is 2.37 bits per heavy atom. The Labute approximate surface area is 272 Å². The summed E-state index contributed by atoms with van der Waals surface area (Å²) in [7, 11) is 0. The molecule has 6 aromatic rings. The standard InChI is InChI=1S/C37H33ClN6O2/c38-35-34-33(28-12-11-27-13-14-31(40-32(27)23-28)26-9-5-2-6-10-26)41-36(44(34)16-15-39-35)29-21-30(22-29)42-17-19-43(20-18-42)37(45)46-24-25-7-3-1-4-8-25/h1-16,23,29-30H,17-22,24H2. The lowest BCUT2D eigenvalue weighted by Gasteiger charge is -2.45. The van der Waals surface area contributed by atoms with Crippen molar-refractivity contribution in [3.05, 3.63) is 120 Å². The minimum absolute atomic E-state index is 0.239. The summed E-state index contributed by atoms with van der Waals surface area (Å²) >= 11 is 6.72. The van der Waals surface area contributed by atoms with Gasteiger partial charge in [0.05, 0.1) is 16.9 Å². The molecule has 1 aliphatic carbocycles. The normalized spacial score (nSPS) is 18.5. The lowest BCUT2D eigenvalue weighted by atomic mass is 9.78. The molecule has 0 spiro atoms. The summed E-state index contributed by atoms with van der Waals surface area (Å²) in [5.41, 5.74) is 6.54. The third-order valence-corrected chi connectivity index (χ3v) is 9.62. The third kappa shape index (κ3) is 5.48. The van der Waals surface area contributed by atoms with Crippen LogP contribution in [0, 0.1) is 0 Å². The Bertz CT molecular complexity index is 2020. The summed E-state index contributed by atoms with van der Waals surface area (Å²) < 4.78 is 7.67. The summed E-state index contributed by atoms with van der Waals surface area (Å²) in [5.74, 6) is 1.32. The molecule has 0 unspecified atom stereocenters. The Balaban J connectivity index is 0.972. The SMILES string of the molecule is O=C(OCc1ccccc1)N1CCN(C2CC(c3nc(-c4ccc5ccc(-c6ccccc6)nc5c4)c4c(Cl)nccn34)C2)CC1. The highest BCUT2D eigenvalue weighted by molar-refractivity contribution is 6.33. The van der Waals surface area contributed by atoms with Crippen LogP contribution in [0.2, 0.25) is 5.15 Å². The van der Waals surface area contributed by atoms with E-state index in [1.165, 1.54) is 0 Å². The minimum Gasteiger partial charge on any atom is -0.445 e. The number of nitrogens with zero attached hydrogens (tertiary/aromatic N) is 6. The number of piperazine rings is 1. The molecule has 8 nitrogen and oxygen atoms in total. The van der Waals surface area contributed by atoms with Gasteiger partial charge in [0.15, 0.2) is 5.15 Å². The van der Waals surface area contributed by atoms with Gasteiger partial charge in [-0.25, -0.2) is 19.7 Å². The van der Waals surface area contributed by atoms with Crippen molar-refractivity contribution in [2.75, 3.05) is 26.2 Å². The van der Waals surface area contributed by atoms with E-state index in [1.807, 2.05) is 59.6 Å². The highest BCUT2D eigenvalue weighted by Gasteiger charge is 2.39. The van der Waals surface area contributed by atoms with E-state index in [-0.39, 0.29) is 6.09 Å². The zero-order chi connectivity index (χ0) is 31.0. The smallest absolute Gasteiger partial charge is 0.410 e. The van der Waals surface area contributed by atoms with Gasteiger partial charge in [-0.15, -0.1) is 0 Å².